The summed E-state index contributed by atoms with van der Waals surface area (Å²) in [5.74, 6) is -3.66. The second kappa shape index (κ2) is 14.8. The highest BCUT2D eigenvalue weighted by Gasteiger charge is 2.53. The van der Waals surface area contributed by atoms with E-state index in [2.05, 4.69) is 0 Å². The molecule has 1 fully saturated rings. The molecule has 2 heterocycles. The van der Waals surface area contributed by atoms with Crippen LogP contribution in [0.4, 0.5) is 0 Å². The zero-order valence-electron chi connectivity index (χ0n) is 26.3. The van der Waals surface area contributed by atoms with Crippen LogP contribution in [0.3, 0.4) is 0 Å². The summed E-state index contributed by atoms with van der Waals surface area (Å²) >= 11 is 0. The number of fused-ring (bicyclic) bond motifs is 1. The van der Waals surface area contributed by atoms with E-state index in [1.165, 1.54) is 25.5 Å². The molecule has 0 saturated carbocycles. The minimum atomic E-state index is -1.59. The lowest BCUT2D eigenvalue weighted by molar-refractivity contribution is -0.288. The minimum Gasteiger partial charge on any atom is -0.497 e. The highest BCUT2D eigenvalue weighted by atomic mass is 16.7. The molecule has 47 heavy (non-hydrogen) atoms. The number of carbonyl (C=O) groups excluding carboxylic acids is 5. The Morgan fingerprint density at radius 3 is 1.94 bits per heavy atom. The first-order valence-corrected chi connectivity index (χ1v) is 14.2. The van der Waals surface area contributed by atoms with Gasteiger partial charge in [-0.15, -0.1) is 0 Å². The number of ether oxygens (including phenoxy) is 8. The largest absolute Gasteiger partial charge is 0.497 e. The van der Waals surface area contributed by atoms with Gasteiger partial charge in [-0.25, -0.2) is 0 Å². The van der Waals surface area contributed by atoms with Crippen LogP contribution in [0.5, 0.6) is 17.2 Å². The Morgan fingerprint density at radius 1 is 0.745 bits per heavy atom. The summed E-state index contributed by atoms with van der Waals surface area (Å²) in [5.41, 5.74) is 0.105. The number of rotatable bonds is 10. The summed E-state index contributed by atoms with van der Waals surface area (Å²) in [4.78, 5) is 73.7. The number of methoxy groups -OCH3 is 1. The van der Waals surface area contributed by atoms with E-state index in [9.17, 15) is 28.8 Å². The first-order valence-electron chi connectivity index (χ1n) is 14.2. The lowest BCUT2D eigenvalue weighted by Gasteiger charge is -2.43. The average Bonchev–Trinajstić information content (AvgIpc) is 2.98. The van der Waals surface area contributed by atoms with Crippen LogP contribution in [0.2, 0.25) is 0 Å². The maximum Gasteiger partial charge on any atom is 0.308 e. The molecule has 3 aromatic rings. The summed E-state index contributed by atoms with van der Waals surface area (Å²) in [6.45, 7) is 5.06. The van der Waals surface area contributed by atoms with Crippen LogP contribution in [0.15, 0.2) is 51.9 Å². The van der Waals surface area contributed by atoms with Crippen LogP contribution in [0.1, 0.15) is 34.6 Å². The minimum absolute atomic E-state index is 0.0494. The molecule has 250 valence electrons. The summed E-state index contributed by atoms with van der Waals surface area (Å²) in [6, 6.07) is 9.16. The van der Waals surface area contributed by atoms with E-state index in [1.54, 1.807) is 24.3 Å². The smallest absolute Gasteiger partial charge is 0.308 e. The molecule has 15 heteroatoms. The normalized spacial score (nSPS) is 20.4. The SMILES string of the molecule is COc1ccc(-c2coc3cc(OC4OC(COC(C)=O)C(OC(C)=O)C(OC(C)=O)C4OC(C)=O)cc(OC(C)=O)c3c2=O)cc1. The molecule has 1 aromatic heterocycles. The van der Waals surface area contributed by atoms with Crippen LogP contribution in [0.25, 0.3) is 22.1 Å². The predicted octanol–water partition coefficient (Wildman–Crippen LogP) is 2.86. The van der Waals surface area contributed by atoms with Crippen LogP contribution >= 0.6 is 0 Å². The topological polar surface area (TPSA) is 189 Å². The van der Waals surface area contributed by atoms with Crippen molar-refractivity contribution in [3.05, 3.63) is 52.9 Å². The summed E-state index contributed by atoms with van der Waals surface area (Å²) in [7, 11) is 1.51. The van der Waals surface area contributed by atoms with E-state index in [1.807, 2.05) is 0 Å². The molecule has 1 aliphatic rings. The third-order valence-electron chi connectivity index (χ3n) is 6.67. The van der Waals surface area contributed by atoms with Crippen molar-refractivity contribution in [1.29, 1.82) is 0 Å². The van der Waals surface area contributed by atoms with Gasteiger partial charge in [0.05, 0.1) is 12.7 Å². The average molecular weight is 657 g/mol. The van der Waals surface area contributed by atoms with Crippen molar-refractivity contribution in [2.75, 3.05) is 13.7 Å². The molecule has 0 N–H and O–H groups in total. The molecule has 0 aliphatic carbocycles. The maximum atomic E-state index is 13.7. The highest BCUT2D eigenvalue weighted by molar-refractivity contribution is 5.90. The fraction of sp³-hybridized carbons (Fsp3) is 0.375. The van der Waals surface area contributed by atoms with Gasteiger partial charge in [0, 0.05) is 46.8 Å². The monoisotopic (exact) mass is 656 g/mol. The van der Waals surface area contributed by atoms with Gasteiger partial charge in [0.25, 0.3) is 0 Å². The van der Waals surface area contributed by atoms with Gasteiger partial charge in [-0.2, -0.15) is 0 Å². The number of benzene rings is 2. The first-order chi connectivity index (χ1) is 22.3. The van der Waals surface area contributed by atoms with E-state index in [0.29, 0.717) is 11.3 Å². The maximum absolute atomic E-state index is 13.7. The van der Waals surface area contributed by atoms with Gasteiger partial charge in [0.15, 0.2) is 12.2 Å². The predicted molar refractivity (Wildman–Crippen MR) is 158 cm³/mol. The van der Waals surface area contributed by atoms with Crippen molar-refractivity contribution in [2.45, 2.75) is 65.3 Å². The van der Waals surface area contributed by atoms with Crippen LogP contribution in [-0.2, 0) is 47.7 Å². The molecule has 0 amide bonds. The summed E-state index contributed by atoms with van der Waals surface area (Å²) < 4.78 is 49.6. The first kappa shape index (κ1) is 34.4. The van der Waals surface area contributed by atoms with E-state index in [4.69, 9.17) is 42.3 Å². The van der Waals surface area contributed by atoms with Gasteiger partial charge >= 0.3 is 29.8 Å². The van der Waals surface area contributed by atoms with E-state index in [-0.39, 0.29) is 28.0 Å². The van der Waals surface area contributed by atoms with Crippen molar-refractivity contribution < 1.29 is 66.3 Å². The molecule has 1 aliphatic heterocycles. The van der Waals surface area contributed by atoms with Crippen LogP contribution in [-0.4, -0.2) is 74.3 Å². The Morgan fingerprint density at radius 2 is 1.36 bits per heavy atom. The molecular weight excluding hydrogens is 624 g/mol. The lowest BCUT2D eigenvalue weighted by atomic mass is 9.98. The zero-order chi connectivity index (χ0) is 34.4. The van der Waals surface area contributed by atoms with Crippen LogP contribution < -0.4 is 19.6 Å². The Bertz CT molecular complexity index is 1720. The van der Waals surface area contributed by atoms with E-state index in [0.717, 1.165) is 34.6 Å². The van der Waals surface area contributed by atoms with Crippen LogP contribution in [0, 0.1) is 0 Å². The molecule has 5 unspecified atom stereocenters. The fourth-order valence-electron chi connectivity index (χ4n) is 4.88. The zero-order valence-corrected chi connectivity index (χ0v) is 26.3. The second-order valence-electron chi connectivity index (χ2n) is 10.3. The number of esters is 5. The Labute approximate surface area is 267 Å². The van der Waals surface area contributed by atoms with Crippen molar-refractivity contribution in [3.63, 3.8) is 0 Å². The molecule has 2 aromatic carbocycles. The highest BCUT2D eigenvalue weighted by Crippen LogP contribution is 2.35. The van der Waals surface area contributed by atoms with Gasteiger partial charge in [-0.05, 0) is 17.7 Å². The van der Waals surface area contributed by atoms with Gasteiger partial charge < -0.3 is 42.3 Å². The third-order valence-corrected chi connectivity index (χ3v) is 6.67. The van der Waals surface area contributed by atoms with E-state index < -0.39 is 72.6 Å². The van der Waals surface area contributed by atoms with E-state index >= 15 is 0 Å². The number of carbonyl (C=O) groups is 5. The van der Waals surface area contributed by atoms with Gasteiger partial charge in [-0.1, -0.05) is 12.1 Å². The van der Waals surface area contributed by atoms with Crippen molar-refractivity contribution in [3.8, 4) is 28.4 Å². The Balaban J connectivity index is 1.81. The summed E-state index contributed by atoms with van der Waals surface area (Å²) in [5, 5.41) is -0.0811. The molecule has 5 atom stereocenters. The molecule has 0 radical (unpaired) electrons. The molecule has 15 nitrogen and oxygen atoms in total. The Hall–Kier alpha value is -5.44. The van der Waals surface area contributed by atoms with Crippen molar-refractivity contribution in [2.24, 2.45) is 0 Å². The molecule has 0 spiro atoms. The molecule has 0 bridgehead atoms. The van der Waals surface area contributed by atoms with Gasteiger partial charge in [0.1, 0.15) is 47.2 Å². The molecular formula is C32H32O15. The summed E-state index contributed by atoms with van der Waals surface area (Å²) in [6.07, 6.45) is -6.07. The molecule has 1 saturated heterocycles. The number of hydrogen-bond acceptors (Lipinski definition) is 15. The van der Waals surface area contributed by atoms with Gasteiger partial charge in [-0.3, -0.25) is 28.8 Å². The Kier molecular flexibility index (Phi) is 10.8. The quantitative estimate of drug-likeness (QED) is 0.176. The third kappa shape index (κ3) is 8.43. The van der Waals surface area contributed by atoms with Crippen molar-refractivity contribution in [1.82, 2.24) is 0 Å². The standard InChI is InChI=1S/C32H32O15/c1-15(33)40-14-26-29(43-17(3)35)30(44-18(4)36)31(45-19(5)37)32(47-26)46-22-11-24-27(25(12-22)42-16(2)34)28(38)23(13-41-24)20-7-9-21(39-6)10-8-20/h7-13,26,29-32H,14H2,1-6H3. The lowest BCUT2D eigenvalue weighted by Crippen LogP contribution is -2.63. The second-order valence-corrected chi connectivity index (χ2v) is 10.3. The number of hydrogen-bond donors (Lipinski definition) is 0. The van der Waals surface area contributed by atoms with Crippen molar-refractivity contribution >= 4 is 40.8 Å². The fourth-order valence-corrected chi connectivity index (χ4v) is 4.88. The van der Waals surface area contributed by atoms with Gasteiger partial charge in [0.2, 0.25) is 17.8 Å². The molecule has 4 rings (SSSR count).